The highest BCUT2D eigenvalue weighted by atomic mass is 16.4. The van der Waals surface area contributed by atoms with Crippen LogP contribution in [0.5, 0.6) is 0 Å². The molecule has 0 aliphatic rings. The minimum absolute atomic E-state index is 0.116. The summed E-state index contributed by atoms with van der Waals surface area (Å²) >= 11 is 0. The third kappa shape index (κ3) is 3.81. The summed E-state index contributed by atoms with van der Waals surface area (Å²) in [4.78, 5) is 26.6. The van der Waals surface area contributed by atoms with Crippen molar-refractivity contribution in [3.05, 3.63) is 29.6 Å². The van der Waals surface area contributed by atoms with Gasteiger partial charge in [0, 0.05) is 24.8 Å². The van der Waals surface area contributed by atoms with Crippen molar-refractivity contribution in [2.45, 2.75) is 19.9 Å². The molecule has 0 saturated carbocycles. The molecule has 4 N–H and O–H groups in total. The van der Waals surface area contributed by atoms with Crippen LogP contribution in [-0.2, 0) is 11.3 Å². The van der Waals surface area contributed by atoms with E-state index in [0.29, 0.717) is 17.7 Å². The molecular formula is C12H17N3O3. The summed E-state index contributed by atoms with van der Waals surface area (Å²) < 4.78 is 0. The molecule has 1 aromatic heterocycles. The summed E-state index contributed by atoms with van der Waals surface area (Å²) in [7, 11) is 0. The number of carboxylic acids is 1. The van der Waals surface area contributed by atoms with Gasteiger partial charge in [0.05, 0.1) is 11.6 Å². The maximum Gasteiger partial charge on any atom is 0.308 e. The smallest absolute Gasteiger partial charge is 0.308 e. The number of nitrogens with one attached hydrogen (secondary N) is 1. The number of hydrogen-bond acceptors (Lipinski definition) is 4. The fourth-order valence-corrected chi connectivity index (χ4v) is 1.46. The van der Waals surface area contributed by atoms with Gasteiger partial charge in [-0.2, -0.15) is 0 Å². The van der Waals surface area contributed by atoms with Crippen molar-refractivity contribution in [1.29, 1.82) is 0 Å². The topological polar surface area (TPSA) is 105 Å². The fourth-order valence-electron chi connectivity index (χ4n) is 1.46. The van der Waals surface area contributed by atoms with Crippen molar-refractivity contribution in [3.8, 4) is 0 Å². The molecule has 1 heterocycles. The maximum absolute atomic E-state index is 11.8. The highest BCUT2D eigenvalue weighted by Gasteiger charge is 2.16. The monoisotopic (exact) mass is 251 g/mol. The summed E-state index contributed by atoms with van der Waals surface area (Å²) in [5, 5.41) is 11.5. The molecule has 98 valence electrons. The lowest BCUT2D eigenvalue weighted by Crippen LogP contribution is -2.32. The maximum atomic E-state index is 11.8. The molecule has 6 nitrogen and oxygen atoms in total. The molecule has 0 fully saturated rings. The van der Waals surface area contributed by atoms with Crippen molar-refractivity contribution in [3.63, 3.8) is 0 Å². The van der Waals surface area contributed by atoms with Crippen LogP contribution in [-0.4, -0.2) is 28.5 Å². The zero-order chi connectivity index (χ0) is 13.5. The number of carbonyl (C=O) groups is 2. The molecule has 0 aliphatic carbocycles. The van der Waals surface area contributed by atoms with Gasteiger partial charge in [0.1, 0.15) is 0 Å². The van der Waals surface area contributed by atoms with E-state index in [4.69, 9.17) is 10.8 Å². The van der Waals surface area contributed by atoms with E-state index < -0.39 is 11.9 Å². The summed E-state index contributed by atoms with van der Waals surface area (Å²) in [6, 6.07) is 3.16. The normalized spacial score (nSPS) is 11.9. The Kier molecular flexibility index (Phi) is 5.26. The van der Waals surface area contributed by atoms with Gasteiger partial charge in [-0.1, -0.05) is 6.92 Å². The molecule has 18 heavy (non-hydrogen) atoms. The quantitative estimate of drug-likeness (QED) is 0.678. The lowest BCUT2D eigenvalue weighted by atomic mass is 10.1. The van der Waals surface area contributed by atoms with Gasteiger partial charge >= 0.3 is 5.97 Å². The summed E-state index contributed by atoms with van der Waals surface area (Å²) in [6.07, 6.45) is 1.98. The van der Waals surface area contributed by atoms with Crippen molar-refractivity contribution >= 4 is 11.9 Å². The molecule has 1 aromatic rings. The zero-order valence-electron chi connectivity index (χ0n) is 10.2. The molecule has 1 unspecified atom stereocenters. The highest BCUT2D eigenvalue weighted by molar-refractivity contribution is 5.94. The molecule has 0 radical (unpaired) electrons. The minimum Gasteiger partial charge on any atom is -0.481 e. The van der Waals surface area contributed by atoms with Gasteiger partial charge in [-0.05, 0) is 18.6 Å². The largest absolute Gasteiger partial charge is 0.481 e. The van der Waals surface area contributed by atoms with Gasteiger partial charge in [0.25, 0.3) is 5.91 Å². The molecule has 0 spiro atoms. The van der Waals surface area contributed by atoms with E-state index in [-0.39, 0.29) is 19.0 Å². The molecule has 1 rings (SSSR count). The predicted molar refractivity (Wildman–Crippen MR) is 65.9 cm³/mol. The number of carbonyl (C=O) groups excluding carboxylic acids is 1. The van der Waals surface area contributed by atoms with E-state index in [1.807, 2.05) is 0 Å². The Morgan fingerprint density at radius 1 is 1.56 bits per heavy atom. The van der Waals surface area contributed by atoms with Gasteiger partial charge in [-0.3, -0.25) is 14.6 Å². The van der Waals surface area contributed by atoms with Gasteiger partial charge < -0.3 is 16.2 Å². The van der Waals surface area contributed by atoms with Crippen molar-refractivity contribution < 1.29 is 14.7 Å². The number of rotatable bonds is 6. The summed E-state index contributed by atoms with van der Waals surface area (Å²) in [6.45, 7) is 2.14. The van der Waals surface area contributed by atoms with Crippen LogP contribution in [0.4, 0.5) is 0 Å². The average Bonchev–Trinajstić information content (AvgIpc) is 2.38. The van der Waals surface area contributed by atoms with Crippen LogP contribution in [0.1, 0.15) is 29.4 Å². The Balaban J connectivity index is 2.62. The molecular weight excluding hydrogens is 234 g/mol. The minimum atomic E-state index is -0.907. The van der Waals surface area contributed by atoms with E-state index in [2.05, 4.69) is 10.3 Å². The number of aliphatic carboxylic acids is 1. The van der Waals surface area contributed by atoms with E-state index >= 15 is 0 Å². The zero-order valence-corrected chi connectivity index (χ0v) is 10.2. The van der Waals surface area contributed by atoms with Crippen LogP contribution in [0.15, 0.2) is 18.3 Å². The van der Waals surface area contributed by atoms with Crippen LogP contribution < -0.4 is 11.1 Å². The first-order valence-electron chi connectivity index (χ1n) is 5.74. The number of amides is 1. The highest BCUT2D eigenvalue weighted by Crippen LogP contribution is 2.04. The van der Waals surface area contributed by atoms with Crippen molar-refractivity contribution in [2.75, 3.05) is 6.54 Å². The standard InChI is InChI=1S/C12H17N3O3/c1-2-8(12(17)18)7-15-11(16)9-3-4-14-10(5-9)6-13/h3-5,8H,2,6-7,13H2,1H3,(H,15,16)(H,17,18). The van der Waals surface area contributed by atoms with Crippen LogP contribution in [0.2, 0.25) is 0 Å². The van der Waals surface area contributed by atoms with Crippen molar-refractivity contribution in [1.82, 2.24) is 10.3 Å². The number of aromatic nitrogens is 1. The second kappa shape index (κ2) is 6.70. The second-order valence-electron chi connectivity index (χ2n) is 3.89. The van der Waals surface area contributed by atoms with Crippen molar-refractivity contribution in [2.24, 2.45) is 11.7 Å². The van der Waals surface area contributed by atoms with Gasteiger partial charge in [0.2, 0.25) is 0 Å². The SMILES string of the molecule is CCC(CNC(=O)c1ccnc(CN)c1)C(=O)O. The Morgan fingerprint density at radius 3 is 2.83 bits per heavy atom. The third-order valence-corrected chi connectivity index (χ3v) is 2.64. The molecule has 1 atom stereocenters. The molecule has 1 amide bonds. The van der Waals surface area contributed by atoms with E-state index in [0.717, 1.165) is 0 Å². The van der Waals surface area contributed by atoms with E-state index in [9.17, 15) is 9.59 Å². The Labute approximate surface area is 105 Å². The van der Waals surface area contributed by atoms with Crippen LogP contribution in [0.25, 0.3) is 0 Å². The molecule has 6 heteroatoms. The Bertz CT molecular complexity index is 434. The number of nitrogens with zero attached hydrogens (tertiary/aromatic N) is 1. The molecule has 0 bridgehead atoms. The second-order valence-corrected chi connectivity index (χ2v) is 3.89. The van der Waals surface area contributed by atoms with E-state index in [1.165, 1.54) is 6.20 Å². The summed E-state index contributed by atoms with van der Waals surface area (Å²) in [5.74, 6) is -1.79. The Morgan fingerprint density at radius 2 is 2.28 bits per heavy atom. The third-order valence-electron chi connectivity index (χ3n) is 2.64. The first-order chi connectivity index (χ1) is 8.58. The van der Waals surface area contributed by atoms with Gasteiger partial charge in [-0.25, -0.2) is 0 Å². The van der Waals surface area contributed by atoms with Crippen LogP contribution in [0.3, 0.4) is 0 Å². The lowest BCUT2D eigenvalue weighted by Gasteiger charge is -2.11. The number of carboxylic acid groups (broad SMARTS) is 1. The van der Waals surface area contributed by atoms with Crippen LogP contribution in [0, 0.1) is 5.92 Å². The molecule has 0 aromatic carbocycles. The molecule has 0 saturated heterocycles. The van der Waals surface area contributed by atoms with Gasteiger partial charge in [0.15, 0.2) is 0 Å². The molecule has 0 aliphatic heterocycles. The number of nitrogens with two attached hydrogens (primary N) is 1. The number of hydrogen-bond donors (Lipinski definition) is 3. The first kappa shape index (κ1) is 14.1. The fraction of sp³-hybridized carbons (Fsp3) is 0.417. The van der Waals surface area contributed by atoms with Crippen LogP contribution >= 0.6 is 0 Å². The lowest BCUT2D eigenvalue weighted by molar-refractivity contribution is -0.141. The predicted octanol–water partition coefficient (Wildman–Crippen LogP) is 0.381. The van der Waals surface area contributed by atoms with Gasteiger partial charge in [-0.15, -0.1) is 0 Å². The first-order valence-corrected chi connectivity index (χ1v) is 5.74. The number of pyridine rings is 1. The Hall–Kier alpha value is -1.95. The summed E-state index contributed by atoms with van der Waals surface area (Å²) in [5.41, 5.74) is 6.48. The average molecular weight is 251 g/mol. The van der Waals surface area contributed by atoms with E-state index in [1.54, 1.807) is 19.1 Å².